The van der Waals surface area contributed by atoms with Gasteiger partial charge in [-0.15, -0.1) is 0 Å². The van der Waals surface area contributed by atoms with Gasteiger partial charge < -0.3 is 5.11 Å². The third kappa shape index (κ3) is 4.13. The maximum absolute atomic E-state index is 12.9. The summed E-state index contributed by atoms with van der Waals surface area (Å²) in [7, 11) is 0. The normalized spacial score (nSPS) is 19.2. The molecule has 0 radical (unpaired) electrons. The van der Waals surface area contributed by atoms with E-state index in [9.17, 15) is 23.1 Å². The molecular weight excluding hydrogens is 357 g/mol. The number of alkyl halides is 3. The summed E-state index contributed by atoms with van der Waals surface area (Å²) < 4.78 is 38.7. The summed E-state index contributed by atoms with van der Waals surface area (Å²) in [6, 6.07) is 7.49. The predicted octanol–water partition coefficient (Wildman–Crippen LogP) is 4.30. The van der Waals surface area contributed by atoms with E-state index in [1.54, 1.807) is 6.20 Å². The Morgan fingerprint density at radius 2 is 1.96 bits per heavy atom. The Morgan fingerprint density at radius 3 is 2.48 bits per heavy atom. The topological polar surface area (TPSA) is 53.4 Å². The fourth-order valence-corrected chi connectivity index (χ4v) is 3.56. The van der Waals surface area contributed by atoms with Crippen LogP contribution >= 0.6 is 0 Å². The Kier molecular flexibility index (Phi) is 5.51. The van der Waals surface area contributed by atoms with E-state index < -0.39 is 29.8 Å². The molecule has 0 amide bonds. The van der Waals surface area contributed by atoms with Crippen molar-refractivity contribution in [2.45, 2.75) is 44.4 Å². The molecule has 0 spiro atoms. The summed E-state index contributed by atoms with van der Waals surface area (Å²) >= 11 is 0. The van der Waals surface area contributed by atoms with Crippen LogP contribution in [0.4, 0.5) is 13.2 Å². The van der Waals surface area contributed by atoms with Crippen molar-refractivity contribution in [3.8, 4) is 0 Å². The van der Waals surface area contributed by atoms with Gasteiger partial charge in [0, 0.05) is 12.7 Å². The number of carboxylic acid groups (broad SMARTS) is 1. The van der Waals surface area contributed by atoms with Gasteiger partial charge in [0.05, 0.1) is 17.3 Å². The zero-order valence-corrected chi connectivity index (χ0v) is 14.9. The molecule has 1 saturated heterocycles. The molecule has 2 heterocycles. The maximum Gasteiger partial charge on any atom is 0.416 e. The Morgan fingerprint density at radius 1 is 1.26 bits per heavy atom. The van der Waals surface area contributed by atoms with Gasteiger partial charge in [0.1, 0.15) is 6.04 Å². The van der Waals surface area contributed by atoms with Crippen LogP contribution in [0.2, 0.25) is 0 Å². The molecule has 1 aromatic heterocycles. The van der Waals surface area contributed by atoms with E-state index >= 15 is 0 Å². The van der Waals surface area contributed by atoms with Crippen LogP contribution in [0.25, 0.3) is 0 Å². The monoisotopic (exact) mass is 378 g/mol. The van der Waals surface area contributed by atoms with Gasteiger partial charge in [0.25, 0.3) is 0 Å². The summed E-state index contributed by atoms with van der Waals surface area (Å²) in [5, 5.41) is 9.55. The molecule has 0 bridgehead atoms. The van der Waals surface area contributed by atoms with Gasteiger partial charge >= 0.3 is 12.1 Å². The number of hydrogen-bond donors (Lipinski definition) is 1. The zero-order chi connectivity index (χ0) is 19.6. The Bertz CT molecular complexity index is 788. The number of rotatable bonds is 5. The number of hydrogen-bond acceptors (Lipinski definition) is 3. The smallest absolute Gasteiger partial charge is 0.416 e. The highest BCUT2D eigenvalue weighted by atomic mass is 19.4. The fraction of sp³-hybridized carbons (Fsp3) is 0.400. The number of halogens is 3. The standard InChI is InChI=1S/C20H21F3N2O2/c1-2-13-5-10-16(24-12-13)18(25-11-3-4-17(25)19(26)27)14-6-8-15(9-7-14)20(21,22)23/h5-10,12,17-18H,2-4,11H2,1H3,(H,26,27). The van der Waals surface area contributed by atoms with Crippen molar-refractivity contribution in [2.24, 2.45) is 0 Å². The molecule has 7 heteroatoms. The minimum absolute atomic E-state index is 0.498. The molecule has 0 aliphatic carbocycles. The van der Waals surface area contributed by atoms with Gasteiger partial charge in [-0.25, -0.2) is 0 Å². The molecular formula is C20H21F3N2O2. The molecule has 3 rings (SSSR count). The first-order valence-electron chi connectivity index (χ1n) is 8.91. The summed E-state index contributed by atoms with van der Waals surface area (Å²) in [6.45, 7) is 2.56. The van der Waals surface area contributed by atoms with E-state index in [0.717, 1.165) is 30.5 Å². The molecule has 144 valence electrons. The van der Waals surface area contributed by atoms with E-state index in [2.05, 4.69) is 4.98 Å². The van der Waals surface area contributed by atoms with Crippen molar-refractivity contribution in [3.05, 3.63) is 65.0 Å². The summed E-state index contributed by atoms with van der Waals surface area (Å²) in [4.78, 5) is 18.0. The van der Waals surface area contributed by atoms with Gasteiger partial charge in [-0.1, -0.05) is 25.1 Å². The second-order valence-electron chi connectivity index (χ2n) is 6.70. The quantitative estimate of drug-likeness (QED) is 0.843. The largest absolute Gasteiger partial charge is 0.480 e. The third-order valence-corrected chi connectivity index (χ3v) is 5.00. The van der Waals surface area contributed by atoms with Crippen molar-refractivity contribution >= 4 is 5.97 Å². The minimum Gasteiger partial charge on any atom is -0.480 e. The molecule has 2 unspecified atom stereocenters. The van der Waals surface area contributed by atoms with E-state index in [1.807, 2.05) is 24.0 Å². The van der Waals surface area contributed by atoms with Gasteiger partial charge in [0.2, 0.25) is 0 Å². The number of nitrogens with zero attached hydrogens (tertiary/aromatic N) is 2. The lowest BCUT2D eigenvalue weighted by Gasteiger charge is -2.31. The molecule has 1 N–H and O–H groups in total. The Balaban J connectivity index is 2.02. The fourth-order valence-electron chi connectivity index (χ4n) is 3.56. The van der Waals surface area contributed by atoms with Crippen LogP contribution in [0.3, 0.4) is 0 Å². The summed E-state index contributed by atoms with van der Waals surface area (Å²) in [5.74, 6) is -0.922. The molecule has 0 saturated carbocycles. The van der Waals surface area contributed by atoms with E-state index in [4.69, 9.17) is 0 Å². The average molecular weight is 378 g/mol. The van der Waals surface area contributed by atoms with Gasteiger partial charge in [-0.05, 0) is 48.6 Å². The third-order valence-electron chi connectivity index (χ3n) is 5.00. The average Bonchev–Trinajstić information content (AvgIpc) is 3.12. The lowest BCUT2D eigenvalue weighted by molar-refractivity contribution is -0.142. The number of aliphatic carboxylic acids is 1. The molecule has 4 nitrogen and oxygen atoms in total. The van der Waals surface area contributed by atoms with Gasteiger partial charge in [-0.3, -0.25) is 14.7 Å². The zero-order valence-electron chi connectivity index (χ0n) is 14.9. The lowest BCUT2D eigenvalue weighted by atomic mass is 9.98. The second kappa shape index (κ2) is 7.68. The van der Waals surface area contributed by atoms with Crippen molar-refractivity contribution < 1.29 is 23.1 Å². The van der Waals surface area contributed by atoms with Gasteiger partial charge in [0.15, 0.2) is 0 Å². The van der Waals surface area contributed by atoms with E-state index in [1.165, 1.54) is 12.1 Å². The molecule has 2 atom stereocenters. The highest BCUT2D eigenvalue weighted by Gasteiger charge is 2.38. The number of aromatic nitrogens is 1. The molecule has 1 fully saturated rings. The molecule has 1 aromatic carbocycles. The minimum atomic E-state index is -4.41. The SMILES string of the molecule is CCc1ccc(C(c2ccc(C(F)(F)F)cc2)N2CCCC2C(=O)O)nc1. The number of carboxylic acids is 1. The first-order valence-corrected chi connectivity index (χ1v) is 8.91. The molecule has 1 aliphatic rings. The van der Waals surface area contributed by atoms with Crippen LogP contribution in [0.5, 0.6) is 0 Å². The second-order valence-corrected chi connectivity index (χ2v) is 6.70. The summed E-state index contributed by atoms with van der Waals surface area (Å²) in [6.07, 6.45) is -0.620. The van der Waals surface area contributed by atoms with Crippen LogP contribution in [-0.4, -0.2) is 33.5 Å². The Hall–Kier alpha value is -2.41. The Labute approximate surface area is 155 Å². The lowest BCUT2D eigenvalue weighted by Crippen LogP contribution is -2.39. The maximum atomic E-state index is 12.9. The first kappa shape index (κ1) is 19.4. The van der Waals surface area contributed by atoms with Gasteiger partial charge in [-0.2, -0.15) is 13.2 Å². The van der Waals surface area contributed by atoms with Crippen molar-refractivity contribution in [3.63, 3.8) is 0 Å². The van der Waals surface area contributed by atoms with E-state index in [-0.39, 0.29) is 0 Å². The highest BCUT2D eigenvalue weighted by molar-refractivity contribution is 5.74. The number of carbonyl (C=O) groups is 1. The van der Waals surface area contributed by atoms with Crippen LogP contribution in [0.15, 0.2) is 42.6 Å². The highest BCUT2D eigenvalue weighted by Crippen LogP contribution is 2.36. The summed E-state index contributed by atoms with van der Waals surface area (Å²) in [5.41, 5.74) is 1.56. The first-order chi connectivity index (χ1) is 12.8. The van der Waals surface area contributed by atoms with Crippen molar-refractivity contribution in [2.75, 3.05) is 6.54 Å². The number of aryl methyl sites for hydroxylation is 1. The number of benzene rings is 1. The van der Waals surface area contributed by atoms with Crippen LogP contribution in [0.1, 0.15) is 48.2 Å². The van der Waals surface area contributed by atoms with Crippen LogP contribution in [-0.2, 0) is 17.4 Å². The van der Waals surface area contributed by atoms with E-state index in [0.29, 0.717) is 24.2 Å². The predicted molar refractivity (Wildman–Crippen MR) is 94.3 cm³/mol. The molecule has 2 aromatic rings. The van der Waals surface area contributed by atoms with Crippen molar-refractivity contribution in [1.82, 2.24) is 9.88 Å². The van der Waals surface area contributed by atoms with Crippen LogP contribution < -0.4 is 0 Å². The molecule has 1 aliphatic heterocycles. The molecule has 27 heavy (non-hydrogen) atoms. The van der Waals surface area contributed by atoms with Crippen molar-refractivity contribution in [1.29, 1.82) is 0 Å². The number of pyridine rings is 1. The number of likely N-dealkylation sites (tertiary alicyclic amines) is 1. The van der Waals surface area contributed by atoms with Crippen LogP contribution in [0, 0.1) is 0 Å².